The molecule has 0 aliphatic heterocycles. The second kappa shape index (κ2) is 11.3. The number of hydrogen-bond donors (Lipinski definition) is 0. The van der Waals surface area contributed by atoms with Gasteiger partial charge >= 0.3 is 5.97 Å². The van der Waals surface area contributed by atoms with Gasteiger partial charge in [0.05, 0.1) is 5.56 Å². The van der Waals surface area contributed by atoms with E-state index < -0.39 is 0 Å². The van der Waals surface area contributed by atoms with Crippen molar-refractivity contribution in [2.45, 2.75) is 70.8 Å². The predicted molar refractivity (Wildman–Crippen MR) is 137 cm³/mol. The van der Waals surface area contributed by atoms with Crippen molar-refractivity contribution in [2.24, 2.45) is 5.92 Å². The summed E-state index contributed by atoms with van der Waals surface area (Å²) in [5.74, 6) is 1.12. The van der Waals surface area contributed by atoms with E-state index in [9.17, 15) is 4.79 Å². The van der Waals surface area contributed by atoms with Crippen LogP contribution in [0.25, 0.3) is 11.1 Å². The Bertz CT molecular complexity index is 997. The summed E-state index contributed by atoms with van der Waals surface area (Å²) in [6.07, 6.45) is 8.03. The van der Waals surface area contributed by atoms with Crippen LogP contribution in [0.5, 0.6) is 0 Å². The molecule has 0 saturated heterocycles. The third kappa shape index (κ3) is 6.35. The van der Waals surface area contributed by atoms with E-state index in [0.717, 1.165) is 30.7 Å². The van der Waals surface area contributed by atoms with Crippen LogP contribution in [0.2, 0.25) is 0 Å². The fraction of sp³-hybridized carbons (Fsp3) is 0.387. The molecule has 1 fully saturated rings. The van der Waals surface area contributed by atoms with Crippen LogP contribution in [-0.4, -0.2) is 12.1 Å². The molecule has 1 saturated carbocycles. The fourth-order valence-electron chi connectivity index (χ4n) is 5.05. The lowest BCUT2D eigenvalue weighted by molar-refractivity contribution is 0.0161. The summed E-state index contributed by atoms with van der Waals surface area (Å²) < 4.78 is 5.80. The van der Waals surface area contributed by atoms with Gasteiger partial charge < -0.3 is 4.74 Å². The first kappa shape index (κ1) is 23.3. The molecule has 1 atom stereocenters. The highest BCUT2D eigenvalue weighted by atomic mass is 16.5. The zero-order valence-electron chi connectivity index (χ0n) is 20.0. The van der Waals surface area contributed by atoms with Crippen molar-refractivity contribution in [1.82, 2.24) is 0 Å². The van der Waals surface area contributed by atoms with Gasteiger partial charge in [0.2, 0.25) is 0 Å². The van der Waals surface area contributed by atoms with Crippen LogP contribution in [0.1, 0.15) is 79.8 Å². The lowest BCUT2D eigenvalue weighted by atomic mass is 9.85. The van der Waals surface area contributed by atoms with Crippen LogP contribution in [0, 0.1) is 5.92 Å². The number of carbonyl (C=O) groups is 1. The summed E-state index contributed by atoms with van der Waals surface area (Å²) in [4.78, 5) is 12.6. The van der Waals surface area contributed by atoms with Crippen molar-refractivity contribution >= 4 is 5.97 Å². The summed E-state index contributed by atoms with van der Waals surface area (Å²) in [7, 11) is 0. The number of hydrogen-bond acceptors (Lipinski definition) is 2. The topological polar surface area (TPSA) is 26.3 Å². The Morgan fingerprint density at radius 1 is 0.848 bits per heavy atom. The summed E-state index contributed by atoms with van der Waals surface area (Å²) in [6.45, 7) is 4.52. The maximum atomic E-state index is 12.6. The molecule has 1 aliphatic rings. The number of ether oxygens (including phenoxy) is 1. The maximum Gasteiger partial charge on any atom is 0.338 e. The molecule has 3 aromatic rings. The van der Waals surface area contributed by atoms with Crippen molar-refractivity contribution in [1.29, 1.82) is 0 Å². The Morgan fingerprint density at radius 3 is 2.06 bits per heavy atom. The number of esters is 1. The summed E-state index contributed by atoms with van der Waals surface area (Å²) in [5, 5.41) is 0. The van der Waals surface area contributed by atoms with E-state index in [1.54, 1.807) is 0 Å². The Labute approximate surface area is 199 Å². The monoisotopic (exact) mass is 440 g/mol. The largest absolute Gasteiger partial charge is 0.459 e. The third-order valence-corrected chi connectivity index (χ3v) is 7.08. The van der Waals surface area contributed by atoms with Crippen molar-refractivity contribution < 1.29 is 9.53 Å². The zero-order valence-corrected chi connectivity index (χ0v) is 20.0. The minimum Gasteiger partial charge on any atom is -0.459 e. The lowest BCUT2D eigenvalue weighted by Gasteiger charge is -2.28. The third-order valence-electron chi connectivity index (χ3n) is 7.08. The first-order chi connectivity index (χ1) is 16.1. The van der Waals surface area contributed by atoms with E-state index in [1.807, 2.05) is 24.3 Å². The molecular formula is C31H36O2. The quantitative estimate of drug-likeness (QED) is 0.330. The SMILES string of the molecule is CCCC1CCC(OC(=O)c2ccc(-c3ccc(C[C@@H](C)c4ccccc4)cc3)cc2)CC1. The van der Waals surface area contributed by atoms with E-state index >= 15 is 0 Å². The lowest BCUT2D eigenvalue weighted by Crippen LogP contribution is -2.24. The molecule has 2 heteroatoms. The Kier molecular flexibility index (Phi) is 7.99. The van der Waals surface area contributed by atoms with Gasteiger partial charge in [-0.15, -0.1) is 0 Å². The second-order valence-corrected chi connectivity index (χ2v) is 9.63. The molecule has 1 aliphatic carbocycles. The molecule has 2 nitrogen and oxygen atoms in total. The predicted octanol–water partition coefficient (Wildman–Crippen LogP) is 8.22. The molecule has 3 aromatic carbocycles. The van der Waals surface area contributed by atoms with Gasteiger partial charge in [0, 0.05) is 0 Å². The average molecular weight is 441 g/mol. The van der Waals surface area contributed by atoms with Crippen LogP contribution in [0.3, 0.4) is 0 Å². The van der Waals surface area contributed by atoms with Crippen molar-refractivity contribution in [3.05, 3.63) is 95.6 Å². The molecule has 172 valence electrons. The van der Waals surface area contributed by atoms with Gasteiger partial charge in [-0.2, -0.15) is 0 Å². The highest BCUT2D eigenvalue weighted by molar-refractivity contribution is 5.90. The van der Waals surface area contributed by atoms with Crippen molar-refractivity contribution in [2.75, 3.05) is 0 Å². The second-order valence-electron chi connectivity index (χ2n) is 9.63. The Morgan fingerprint density at radius 2 is 1.45 bits per heavy atom. The van der Waals surface area contributed by atoms with Crippen LogP contribution in [-0.2, 0) is 11.2 Å². The minimum absolute atomic E-state index is 0.0797. The molecule has 0 amide bonds. The molecule has 0 heterocycles. The Balaban J connectivity index is 1.32. The van der Waals surface area contributed by atoms with Crippen LogP contribution in [0.15, 0.2) is 78.9 Å². The molecule has 4 rings (SSSR count). The van der Waals surface area contributed by atoms with E-state index in [0.29, 0.717) is 11.5 Å². The first-order valence-electron chi connectivity index (χ1n) is 12.6. The van der Waals surface area contributed by atoms with Gasteiger partial charge in [0.25, 0.3) is 0 Å². The number of benzene rings is 3. The summed E-state index contributed by atoms with van der Waals surface area (Å²) >= 11 is 0. The smallest absolute Gasteiger partial charge is 0.338 e. The summed E-state index contributed by atoms with van der Waals surface area (Å²) in [6, 6.07) is 27.3. The highest BCUT2D eigenvalue weighted by Gasteiger charge is 2.23. The van der Waals surface area contributed by atoms with Gasteiger partial charge in [0.15, 0.2) is 0 Å². The molecule has 33 heavy (non-hydrogen) atoms. The van der Waals surface area contributed by atoms with Crippen LogP contribution >= 0.6 is 0 Å². The van der Waals surface area contributed by atoms with Crippen molar-refractivity contribution in [3.8, 4) is 11.1 Å². The normalized spacial score (nSPS) is 19.1. The molecule has 0 radical (unpaired) electrons. The van der Waals surface area contributed by atoms with Gasteiger partial charge in [-0.1, -0.05) is 93.4 Å². The van der Waals surface area contributed by atoms with E-state index in [1.165, 1.54) is 42.4 Å². The first-order valence-corrected chi connectivity index (χ1v) is 12.6. The Hall–Kier alpha value is -2.87. The van der Waals surface area contributed by atoms with Crippen LogP contribution in [0.4, 0.5) is 0 Å². The molecule has 0 bridgehead atoms. The molecular weight excluding hydrogens is 404 g/mol. The van der Waals surface area contributed by atoms with Gasteiger partial charge in [-0.3, -0.25) is 0 Å². The summed E-state index contributed by atoms with van der Waals surface area (Å²) in [5.41, 5.74) is 5.64. The van der Waals surface area contributed by atoms with Gasteiger partial charge in [-0.05, 0) is 78.3 Å². The van der Waals surface area contributed by atoms with Gasteiger partial charge in [0.1, 0.15) is 6.10 Å². The minimum atomic E-state index is -0.189. The molecule has 0 spiro atoms. The van der Waals surface area contributed by atoms with Gasteiger partial charge in [-0.25, -0.2) is 4.79 Å². The van der Waals surface area contributed by atoms with E-state index in [4.69, 9.17) is 4.74 Å². The number of rotatable bonds is 8. The standard InChI is InChI=1S/C31H36O2/c1-3-7-24-12-20-30(21-13-24)33-31(32)29-18-16-28(17-19-29)27-14-10-25(11-15-27)22-23(2)26-8-5-4-6-9-26/h4-6,8-11,14-19,23-24,30H,3,7,12-13,20-22H2,1-2H3/t23-,24?,30?/m1/s1. The fourth-order valence-corrected chi connectivity index (χ4v) is 5.05. The maximum absolute atomic E-state index is 12.6. The highest BCUT2D eigenvalue weighted by Crippen LogP contribution is 2.30. The molecule has 0 N–H and O–H groups in total. The van der Waals surface area contributed by atoms with E-state index in [2.05, 4.69) is 68.4 Å². The average Bonchev–Trinajstić information content (AvgIpc) is 2.86. The van der Waals surface area contributed by atoms with Crippen molar-refractivity contribution in [3.63, 3.8) is 0 Å². The number of carbonyl (C=O) groups excluding carboxylic acids is 1. The molecule has 0 aromatic heterocycles. The van der Waals surface area contributed by atoms with E-state index in [-0.39, 0.29) is 12.1 Å². The zero-order chi connectivity index (χ0) is 23.0. The van der Waals surface area contributed by atoms with Crippen LogP contribution < -0.4 is 0 Å². The molecule has 0 unspecified atom stereocenters.